The van der Waals surface area contributed by atoms with Gasteiger partial charge in [0.15, 0.2) is 0 Å². The molecule has 0 atom stereocenters. The number of aryl methyl sites for hydroxylation is 2. The van der Waals surface area contributed by atoms with Crippen LogP contribution in [0.1, 0.15) is 42.3 Å². The number of hydrogen-bond acceptors (Lipinski definition) is 7. The molecule has 7 nitrogen and oxygen atoms in total. The lowest BCUT2D eigenvalue weighted by molar-refractivity contribution is -0.113. The number of nitrogens with zero attached hydrogens (tertiary/aromatic N) is 3. The van der Waals surface area contributed by atoms with E-state index >= 15 is 0 Å². The van der Waals surface area contributed by atoms with Gasteiger partial charge in [0, 0.05) is 11.4 Å². The Morgan fingerprint density at radius 2 is 1.77 bits per heavy atom. The average Bonchev–Trinajstić information content (AvgIpc) is 2.70. The van der Waals surface area contributed by atoms with Gasteiger partial charge in [0.2, 0.25) is 17.8 Å². The van der Waals surface area contributed by atoms with Crippen molar-refractivity contribution in [2.75, 3.05) is 22.1 Å². The van der Waals surface area contributed by atoms with Crippen molar-refractivity contribution in [1.29, 1.82) is 0 Å². The molecule has 0 aliphatic carbocycles. The van der Waals surface area contributed by atoms with Gasteiger partial charge in [-0.2, -0.15) is 15.0 Å². The molecule has 0 aliphatic rings. The number of hydrogen-bond donors (Lipinski definition) is 3. The van der Waals surface area contributed by atoms with Crippen LogP contribution in [0.3, 0.4) is 0 Å². The quantitative estimate of drug-likeness (QED) is 0.465. The number of nitrogens with two attached hydrogens (primary N) is 1. The molecule has 3 rings (SSSR count). The van der Waals surface area contributed by atoms with E-state index in [2.05, 4.69) is 45.5 Å². The third-order valence-electron chi connectivity index (χ3n) is 4.75. The molecule has 1 heterocycles. The van der Waals surface area contributed by atoms with Gasteiger partial charge in [0.25, 0.3) is 0 Å². The van der Waals surface area contributed by atoms with Crippen LogP contribution in [0.15, 0.2) is 42.5 Å². The summed E-state index contributed by atoms with van der Waals surface area (Å²) in [7, 11) is 0. The summed E-state index contributed by atoms with van der Waals surface area (Å²) in [5, 5.41) is 6.24. The minimum Gasteiger partial charge on any atom is -0.368 e. The Bertz CT molecular complexity index is 1070. The van der Waals surface area contributed by atoms with E-state index in [0.717, 1.165) is 28.1 Å². The summed E-state index contributed by atoms with van der Waals surface area (Å²) in [6.07, 6.45) is 0. The van der Waals surface area contributed by atoms with Crippen LogP contribution in [0.5, 0.6) is 0 Å². The summed E-state index contributed by atoms with van der Waals surface area (Å²) in [5.74, 6) is 2.08. The zero-order valence-electron chi connectivity index (χ0n) is 18.3. The SMILES string of the molecule is Cc1ccccc1Nc1nc(N)nc(CSCC(=O)Nc2c(C)cccc2C(C)C)n1. The molecule has 1 aromatic heterocycles. The molecule has 0 saturated heterocycles. The van der Waals surface area contributed by atoms with E-state index in [4.69, 9.17) is 5.73 Å². The molecular formula is C23H28N6OS. The fourth-order valence-electron chi connectivity index (χ4n) is 3.14. The van der Waals surface area contributed by atoms with E-state index in [1.807, 2.05) is 50.2 Å². The first kappa shape index (κ1) is 22.6. The number of nitrogens with one attached hydrogen (secondary N) is 2. The van der Waals surface area contributed by atoms with Gasteiger partial charge in [-0.3, -0.25) is 4.79 Å². The highest BCUT2D eigenvalue weighted by Crippen LogP contribution is 2.27. The second-order valence-corrected chi connectivity index (χ2v) is 8.59. The van der Waals surface area contributed by atoms with Crippen molar-refractivity contribution >= 4 is 40.9 Å². The molecule has 0 saturated carbocycles. The number of rotatable bonds is 8. The number of benzene rings is 2. The van der Waals surface area contributed by atoms with Crippen LogP contribution >= 0.6 is 11.8 Å². The smallest absolute Gasteiger partial charge is 0.234 e. The summed E-state index contributed by atoms with van der Waals surface area (Å²) in [6, 6.07) is 13.9. The summed E-state index contributed by atoms with van der Waals surface area (Å²) >= 11 is 1.43. The van der Waals surface area contributed by atoms with Crippen LogP contribution in [-0.2, 0) is 10.5 Å². The lowest BCUT2D eigenvalue weighted by Crippen LogP contribution is -2.17. The Morgan fingerprint density at radius 3 is 2.52 bits per heavy atom. The molecule has 0 unspecified atom stereocenters. The molecule has 162 valence electrons. The number of carbonyl (C=O) groups is 1. The number of carbonyl (C=O) groups excluding carboxylic acids is 1. The summed E-state index contributed by atoms with van der Waals surface area (Å²) in [4.78, 5) is 25.3. The van der Waals surface area contributed by atoms with Gasteiger partial charge < -0.3 is 16.4 Å². The number of amides is 1. The molecule has 0 fully saturated rings. The number of anilines is 4. The number of thioether (sulfide) groups is 1. The third-order valence-corrected chi connectivity index (χ3v) is 5.67. The largest absolute Gasteiger partial charge is 0.368 e. The monoisotopic (exact) mass is 436 g/mol. The van der Waals surface area contributed by atoms with Crippen LogP contribution in [0, 0.1) is 13.8 Å². The highest BCUT2D eigenvalue weighted by atomic mass is 32.2. The normalized spacial score (nSPS) is 10.9. The van der Waals surface area contributed by atoms with E-state index in [1.165, 1.54) is 11.8 Å². The fourth-order valence-corrected chi connectivity index (χ4v) is 3.82. The Labute approximate surface area is 187 Å². The van der Waals surface area contributed by atoms with Crippen LogP contribution < -0.4 is 16.4 Å². The number of nitrogen functional groups attached to an aromatic ring is 1. The van der Waals surface area contributed by atoms with Gasteiger partial charge >= 0.3 is 0 Å². The minimum atomic E-state index is -0.0542. The highest BCUT2D eigenvalue weighted by molar-refractivity contribution is 7.99. The van der Waals surface area contributed by atoms with Gasteiger partial charge in [-0.15, -0.1) is 11.8 Å². The minimum absolute atomic E-state index is 0.0542. The average molecular weight is 437 g/mol. The molecule has 0 bridgehead atoms. The van der Waals surface area contributed by atoms with E-state index in [1.54, 1.807) is 0 Å². The van der Waals surface area contributed by atoms with Gasteiger partial charge in [0.05, 0.1) is 11.5 Å². The van der Waals surface area contributed by atoms with Crippen molar-refractivity contribution in [1.82, 2.24) is 15.0 Å². The standard InChI is InChI=1S/C23H28N6OS/c1-14(2)17-10-7-9-16(4)21(17)28-20(30)13-31-12-19-26-22(24)29-23(27-19)25-18-11-6-5-8-15(18)3/h5-11,14H,12-13H2,1-4H3,(H,28,30)(H3,24,25,26,27,29). The summed E-state index contributed by atoms with van der Waals surface area (Å²) < 4.78 is 0. The zero-order chi connectivity index (χ0) is 22.4. The van der Waals surface area contributed by atoms with Crippen LogP contribution in [0.2, 0.25) is 0 Å². The molecule has 8 heteroatoms. The van der Waals surface area contributed by atoms with Gasteiger partial charge in [-0.05, 0) is 42.5 Å². The van der Waals surface area contributed by atoms with Crippen molar-refractivity contribution in [2.45, 2.75) is 39.4 Å². The zero-order valence-corrected chi connectivity index (χ0v) is 19.1. The molecule has 2 aromatic carbocycles. The Balaban J connectivity index is 1.60. The number of para-hydroxylation sites is 2. The first-order chi connectivity index (χ1) is 14.8. The lowest BCUT2D eigenvalue weighted by Gasteiger charge is -2.16. The van der Waals surface area contributed by atoms with Crippen molar-refractivity contribution in [3.8, 4) is 0 Å². The maximum absolute atomic E-state index is 12.5. The third kappa shape index (κ3) is 6.18. The van der Waals surface area contributed by atoms with Gasteiger partial charge in [0.1, 0.15) is 5.82 Å². The fraction of sp³-hybridized carbons (Fsp3) is 0.304. The predicted octanol–water partition coefficient (Wildman–Crippen LogP) is 4.81. The molecule has 3 aromatic rings. The Hall–Kier alpha value is -3.13. The molecule has 0 spiro atoms. The maximum Gasteiger partial charge on any atom is 0.234 e. The molecule has 4 N–H and O–H groups in total. The van der Waals surface area contributed by atoms with Crippen LogP contribution in [0.25, 0.3) is 0 Å². The second-order valence-electron chi connectivity index (χ2n) is 7.61. The molecule has 0 radical (unpaired) electrons. The molecule has 0 aliphatic heterocycles. The Kier molecular flexibility index (Phi) is 7.46. The van der Waals surface area contributed by atoms with Crippen molar-refractivity contribution in [3.05, 3.63) is 65.0 Å². The van der Waals surface area contributed by atoms with E-state index in [9.17, 15) is 4.79 Å². The topological polar surface area (TPSA) is 106 Å². The highest BCUT2D eigenvalue weighted by Gasteiger charge is 2.13. The second kappa shape index (κ2) is 10.3. The molecular weight excluding hydrogens is 408 g/mol. The van der Waals surface area contributed by atoms with Crippen molar-refractivity contribution < 1.29 is 4.79 Å². The summed E-state index contributed by atoms with van der Waals surface area (Å²) in [6.45, 7) is 8.24. The van der Waals surface area contributed by atoms with Crippen molar-refractivity contribution in [2.24, 2.45) is 0 Å². The Morgan fingerprint density at radius 1 is 1.03 bits per heavy atom. The van der Waals surface area contributed by atoms with Crippen LogP contribution in [0.4, 0.5) is 23.3 Å². The molecule has 1 amide bonds. The lowest BCUT2D eigenvalue weighted by atomic mass is 9.98. The molecule has 31 heavy (non-hydrogen) atoms. The van der Waals surface area contributed by atoms with E-state index in [-0.39, 0.29) is 17.6 Å². The summed E-state index contributed by atoms with van der Waals surface area (Å²) in [5.41, 5.74) is 10.9. The van der Waals surface area contributed by atoms with Crippen LogP contribution in [-0.4, -0.2) is 26.6 Å². The first-order valence-electron chi connectivity index (χ1n) is 10.1. The predicted molar refractivity (Wildman–Crippen MR) is 129 cm³/mol. The van der Waals surface area contributed by atoms with Gasteiger partial charge in [-0.1, -0.05) is 50.2 Å². The first-order valence-corrected chi connectivity index (χ1v) is 11.3. The van der Waals surface area contributed by atoms with E-state index < -0.39 is 0 Å². The number of aromatic nitrogens is 3. The maximum atomic E-state index is 12.5. The van der Waals surface area contributed by atoms with E-state index in [0.29, 0.717) is 23.4 Å². The van der Waals surface area contributed by atoms with Crippen molar-refractivity contribution in [3.63, 3.8) is 0 Å². The van der Waals surface area contributed by atoms with Gasteiger partial charge in [-0.25, -0.2) is 0 Å².